The number of likely N-dealkylation sites (N-methyl/N-ethyl adjacent to an activating group) is 1. The minimum Gasteiger partial charge on any atom is -0.315 e. The average molecular weight is 317 g/mol. The first kappa shape index (κ1) is 17.2. The second kappa shape index (κ2) is 6.94. The quantitative estimate of drug-likeness (QED) is 0.786. The van der Waals surface area contributed by atoms with E-state index in [0.717, 1.165) is 51.6 Å². The van der Waals surface area contributed by atoms with E-state index < -0.39 is 10.2 Å². The van der Waals surface area contributed by atoms with E-state index in [2.05, 4.69) is 30.8 Å². The van der Waals surface area contributed by atoms with Gasteiger partial charge in [-0.3, -0.25) is 0 Å². The molecule has 1 heterocycles. The highest BCUT2D eigenvalue weighted by Gasteiger charge is 2.40. The van der Waals surface area contributed by atoms with Gasteiger partial charge in [0.15, 0.2) is 0 Å². The van der Waals surface area contributed by atoms with Crippen LogP contribution < -0.4 is 10.0 Å². The van der Waals surface area contributed by atoms with Crippen LogP contribution in [0.1, 0.15) is 59.3 Å². The Morgan fingerprint density at radius 2 is 1.95 bits per heavy atom. The predicted octanol–water partition coefficient (Wildman–Crippen LogP) is 1.86. The molecule has 0 radical (unpaired) electrons. The lowest BCUT2D eigenvalue weighted by atomic mass is 9.88. The second-order valence-corrected chi connectivity index (χ2v) is 8.78. The van der Waals surface area contributed by atoms with Gasteiger partial charge >= 0.3 is 0 Å². The lowest BCUT2D eigenvalue weighted by molar-refractivity contribution is 0.235. The van der Waals surface area contributed by atoms with Gasteiger partial charge in [-0.05, 0) is 37.6 Å². The van der Waals surface area contributed by atoms with Crippen LogP contribution >= 0.6 is 0 Å². The Hall–Kier alpha value is -0.170. The van der Waals surface area contributed by atoms with Gasteiger partial charge in [0.05, 0.1) is 0 Å². The van der Waals surface area contributed by atoms with Gasteiger partial charge in [-0.1, -0.05) is 33.6 Å². The maximum Gasteiger partial charge on any atom is 0.280 e. The second-order valence-electron chi connectivity index (χ2n) is 7.12. The van der Waals surface area contributed by atoms with Crippen LogP contribution in [0, 0.1) is 5.41 Å². The molecule has 0 bridgehead atoms. The van der Waals surface area contributed by atoms with Gasteiger partial charge in [-0.15, -0.1) is 0 Å². The van der Waals surface area contributed by atoms with E-state index in [-0.39, 0.29) is 17.5 Å². The van der Waals surface area contributed by atoms with Crippen molar-refractivity contribution in [2.45, 2.75) is 71.4 Å². The summed E-state index contributed by atoms with van der Waals surface area (Å²) in [7, 11) is -3.37. The van der Waals surface area contributed by atoms with Gasteiger partial charge in [-0.2, -0.15) is 17.4 Å². The van der Waals surface area contributed by atoms with Crippen LogP contribution in [-0.2, 0) is 10.2 Å². The molecule has 2 atom stereocenters. The van der Waals surface area contributed by atoms with E-state index in [4.69, 9.17) is 0 Å². The van der Waals surface area contributed by atoms with E-state index in [0.29, 0.717) is 6.54 Å². The summed E-state index contributed by atoms with van der Waals surface area (Å²) in [6, 6.07) is 0.171. The first-order chi connectivity index (χ1) is 9.87. The lowest BCUT2D eigenvalue weighted by Gasteiger charge is -2.37. The topological polar surface area (TPSA) is 61.4 Å². The molecule has 2 N–H and O–H groups in total. The van der Waals surface area contributed by atoms with Crippen molar-refractivity contribution in [3.63, 3.8) is 0 Å². The van der Waals surface area contributed by atoms with Gasteiger partial charge in [0.1, 0.15) is 0 Å². The number of nitrogens with one attached hydrogen (secondary N) is 2. The molecule has 124 valence electrons. The SMILES string of the molecule is CCNCC1CCCCN1S(=O)(=O)NC1CCCC1(C)C. The monoisotopic (exact) mass is 317 g/mol. The molecule has 0 amide bonds. The number of piperidine rings is 1. The van der Waals surface area contributed by atoms with Gasteiger partial charge in [-0.25, -0.2) is 0 Å². The molecule has 0 aromatic heterocycles. The van der Waals surface area contributed by atoms with E-state index in [9.17, 15) is 8.42 Å². The molecular formula is C15H31N3O2S. The lowest BCUT2D eigenvalue weighted by Crippen LogP contribution is -2.55. The highest BCUT2D eigenvalue weighted by atomic mass is 32.2. The highest BCUT2D eigenvalue weighted by molar-refractivity contribution is 7.87. The van der Waals surface area contributed by atoms with Crippen molar-refractivity contribution in [3.05, 3.63) is 0 Å². The van der Waals surface area contributed by atoms with Crippen LogP contribution in [0.25, 0.3) is 0 Å². The molecule has 2 fully saturated rings. The molecule has 1 saturated heterocycles. The molecule has 2 rings (SSSR count). The predicted molar refractivity (Wildman–Crippen MR) is 86.4 cm³/mol. The van der Waals surface area contributed by atoms with Crippen molar-refractivity contribution >= 4 is 10.2 Å². The zero-order valence-corrected chi connectivity index (χ0v) is 14.5. The normalized spacial score (nSPS) is 30.6. The zero-order valence-electron chi connectivity index (χ0n) is 13.7. The fourth-order valence-electron chi connectivity index (χ4n) is 3.60. The van der Waals surface area contributed by atoms with Crippen molar-refractivity contribution < 1.29 is 8.42 Å². The van der Waals surface area contributed by atoms with Crippen LogP contribution in [0.3, 0.4) is 0 Å². The summed E-state index contributed by atoms with van der Waals surface area (Å²) in [5.74, 6) is 0. The molecule has 1 saturated carbocycles. The molecule has 2 unspecified atom stereocenters. The molecule has 1 aliphatic heterocycles. The van der Waals surface area contributed by atoms with Crippen molar-refractivity contribution in [1.29, 1.82) is 0 Å². The van der Waals surface area contributed by atoms with Crippen LogP contribution in [0.15, 0.2) is 0 Å². The van der Waals surface area contributed by atoms with Crippen LogP contribution in [0.5, 0.6) is 0 Å². The van der Waals surface area contributed by atoms with Gasteiger partial charge in [0.2, 0.25) is 0 Å². The first-order valence-electron chi connectivity index (χ1n) is 8.36. The molecule has 6 heteroatoms. The highest BCUT2D eigenvalue weighted by Crippen LogP contribution is 2.38. The summed E-state index contributed by atoms with van der Waals surface area (Å²) < 4.78 is 30.3. The van der Waals surface area contributed by atoms with Crippen molar-refractivity contribution in [3.8, 4) is 0 Å². The molecule has 0 aromatic rings. The van der Waals surface area contributed by atoms with E-state index >= 15 is 0 Å². The summed E-state index contributed by atoms with van der Waals surface area (Å²) in [6.07, 6.45) is 6.22. The molecule has 2 aliphatic rings. The van der Waals surface area contributed by atoms with Crippen LogP contribution in [0.2, 0.25) is 0 Å². The molecule has 5 nitrogen and oxygen atoms in total. The summed E-state index contributed by atoms with van der Waals surface area (Å²) in [4.78, 5) is 0. The van der Waals surface area contributed by atoms with Crippen molar-refractivity contribution in [2.75, 3.05) is 19.6 Å². The smallest absolute Gasteiger partial charge is 0.280 e. The summed E-state index contributed by atoms with van der Waals surface area (Å²) in [6.45, 7) is 8.68. The number of hydrogen-bond donors (Lipinski definition) is 2. The van der Waals surface area contributed by atoms with Gasteiger partial charge in [0.25, 0.3) is 10.2 Å². The van der Waals surface area contributed by atoms with Crippen LogP contribution in [0.4, 0.5) is 0 Å². The number of hydrogen-bond acceptors (Lipinski definition) is 3. The third kappa shape index (κ3) is 4.18. The Kier molecular flexibility index (Phi) is 5.68. The molecule has 0 aromatic carbocycles. The van der Waals surface area contributed by atoms with E-state index in [1.54, 1.807) is 4.31 Å². The summed E-state index contributed by atoms with van der Waals surface area (Å²) in [5, 5.41) is 3.30. The molecular weight excluding hydrogens is 286 g/mol. The number of rotatable bonds is 6. The largest absolute Gasteiger partial charge is 0.315 e. The molecule has 0 spiro atoms. The maximum absolute atomic E-state index is 12.8. The Balaban J connectivity index is 2.05. The number of nitrogens with zero attached hydrogens (tertiary/aromatic N) is 1. The Bertz CT molecular complexity index is 436. The van der Waals surface area contributed by atoms with E-state index in [1.807, 2.05) is 0 Å². The maximum atomic E-state index is 12.8. The Morgan fingerprint density at radius 3 is 2.57 bits per heavy atom. The fraction of sp³-hybridized carbons (Fsp3) is 1.00. The third-order valence-electron chi connectivity index (χ3n) is 5.06. The standard InChI is InChI=1S/C15H31N3O2S/c1-4-16-12-13-8-5-6-11-18(13)21(19,20)17-14-9-7-10-15(14,2)3/h13-14,16-17H,4-12H2,1-3H3. The molecule has 21 heavy (non-hydrogen) atoms. The summed E-state index contributed by atoms with van der Waals surface area (Å²) >= 11 is 0. The van der Waals surface area contributed by atoms with Crippen LogP contribution in [-0.4, -0.2) is 44.4 Å². The van der Waals surface area contributed by atoms with Gasteiger partial charge < -0.3 is 5.32 Å². The van der Waals surface area contributed by atoms with E-state index in [1.165, 1.54) is 0 Å². The summed E-state index contributed by atoms with van der Waals surface area (Å²) in [5.41, 5.74) is 0.0695. The Morgan fingerprint density at radius 1 is 1.19 bits per heavy atom. The Labute approximate surface area is 130 Å². The fourth-order valence-corrected chi connectivity index (χ4v) is 5.47. The van der Waals surface area contributed by atoms with Gasteiger partial charge in [0, 0.05) is 25.2 Å². The zero-order chi connectivity index (χ0) is 15.5. The third-order valence-corrected chi connectivity index (χ3v) is 6.74. The first-order valence-corrected chi connectivity index (χ1v) is 9.80. The average Bonchev–Trinajstić information content (AvgIpc) is 2.75. The minimum absolute atomic E-state index is 0.0695. The van der Waals surface area contributed by atoms with Crippen molar-refractivity contribution in [2.24, 2.45) is 5.41 Å². The van der Waals surface area contributed by atoms with Crippen molar-refractivity contribution in [1.82, 2.24) is 14.3 Å². The minimum atomic E-state index is -3.37. The molecule has 1 aliphatic carbocycles.